The van der Waals surface area contributed by atoms with Crippen LogP contribution in [0.2, 0.25) is 0 Å². The zero-order valence-electron chi connectivity index (χ0n) is 21.9. The van der Waals surface area contributed by atoms with Crippen LogP contribution in [-0.4, -0.2) is 47.7 Å². The molecule has 0 bridgehead atoms. The molecule has 0 spiro atoms. The number of rotatable bonds is 12. The quantitative estimate of drug-likeness (QED) is 0.212. The van der Waals surface area contributed by atoms with Crippen molar-refractivity contribution < 1.29 is 19.4 Å². The van der Waals surface area contributed by atoms with Crippen molar-refractivity contribution in [1.29, 1.82) is 0 Å². The van der Waals surface area contributed by atoms with Gasteiger partial charge in [0.25, 0.3) is 11.8 Å². The Balaban J connectivity index is 1.59. The van der Waals surface area contributed by atoms with Crippen LogP contribution in [0.5, 0.6) is 5.75 Å². The number of aliphatic hydroxyl groups is 1. The van der Waals surface area contributed by atoms with E-state index >= 15 is 0 Å². The van der Waals surface area contributed by atoms with Gasteiger partial charge in [-0.3, -0.25) is 9.59 Å². The molecule has 0 aliphatic rings. The van der Waals surface area contributed by atoms with Crippen molar-refractivity contribution in [1.82, 2.24) is 15.6 Å². The van der Waals surface area contributed by atoms with Crippen molar-refractivity contribution in [2.24, 2.45) is 0 Å². The van der Waals surface area contributed by atoms with Crippen molar-refractivity contribution in [3.63, 3.8) is 0 Å². The molecule has 7 nitrogen and oxygen atoms in total. The van der Waals surface area contributed by atoms with Crippen LogP contribution in [0, 0.1) is 0 Å². The normalized spacial score (nSPS) is 11.8. The van der Waals surface area contributed by atoms with E-state index in [9.17, 15) is 14.7 Å². The highest BCUT2D eigenvalue weighted by molar-refractivity contribution is 5.99. The molecular weight excluding hydrogens is 478 g/mol. The third kappa shape index (κ3) is 6.42. The summed E-state index contributed by atoms with van der Waals surface area (Å²) in [5, 5.41) is 17.0. The molecular formula is C31H35N3O4. The maximum atomic E-state index is 13.5. The zero-order valence-corrected chi connectivity index (χ0v) is 21.9. The average molecular weight is 514 g/mol. The molecule has 2 amide bonds. The Kier molecular flexibility index (Phi) is 9.16. The maximum Gasteiger partial charge on any atom is 0.255 e. The summed E-state index contributed by atoms with van der Waals surface area (Å²) in [4.78, 5) is 29.2. The van der Waals surface area contributed by atoms with Crippen LogP contribution in [0.25, 0.3) is 22.0 Å². The summed E-state index contributed by atoms with van der Waals surface area (Å²) in [6, 6.07) is 20.3. The number of fused-ring (bicyclic) bond motifs is 1. The fraction of sp³-hybridized carbons (Fsp3) is 0.290. The van der Waals surface area contributed by atoms with Gasteiger partial charge >= 0.3 is 0 Å². The molecule has 0 radical (unpaired) electrons. The minimum absolute atomic E-state index is 0.127. The number of benzene rings is 3. The maximum absolute atomic E-state index is 13.5. The number of aromatic nitrogens is 1. The van der Waals surface area contributed by atoms with Gasteiger partial charge in [-0.15, -0.1) is 0 Å². The Labute approximate surface area is 223 Å². The van der Waals surface area contributed by atoms with Crippen LogP contribution in [0.1, 0.15) is 53.0 Å². The van der Waals surface area contributed by atoms with Gasteiger partial charge in [0.2, 0.25) is 0 Å². The van der Waals surface area contributed by atoms with Crippen LogP contribution in [0.15, 0.2) is 72.9 Å². The summed E-state index contributed by atoms with van der Waals surface area (Å²) in [5.41, 5.74) is 4.60. The fourth-order valence-electron chi connectivity index (χ4n) is 4.40. The number of amides is 2. The SMILES string of the molecule is CCCNC(=O)c1cccc(-c2ccc(OCCC)c(C(=O)N[C@@H](CO)Cc3c[nH]c4ccccc34)c2)c1. The second-order valence-electron chi connectivity index (χ2n) is 9.31. The second-order valence-corrected chi connectivity index (χ2v) is 9.31. The standard InChI is InChI=1S/C31H35N3O4/c1-3-14-32-30(36)23-9-7-8-21(16-23)22-12-13-29(38-15-4-2)27(18-22)31(37)34-25(20-35)17-24-19-33-28-11-6-5-10-26(24)28/h5-13,16,18-19,25,33,35H,3-4,14-15,17,20H2,1-2H3,(H,32,36)(H,34,37)/t25-/m1/s1. The monoisotopic (exact) mass is 513 g/mol. The van der Waals surface area contributed by atoms with Gasteiger partial charge in [0, 0.05) is 29.2 Å². The summed E-state index contributed by atoms with van der Waals surface area (Å²) < 4.78 is 5.89. The average Bonchev–Trinajstić information content (AvgIpc) is 3.37. The summed E-state index contributed by atoms with van der Waals surface area (Å²) in [6.45, 7) is 4.90. The molecule has 4 rings (SSSR count). The Morgan fingerprint density at radius 2 is 1.76 bits per heavy atom. The van der Waals surface area contributed by atoms with E-state index in [0.717, 1.165) is 40.4 Å². The summed E-state index contributed by atoms with van der Waals surface area (Å²) >= 11 is 0. The lowest BCUT2D eigenvalue weighted by Crippen LogP contribution is -2.39. The predicted octanol–water partition coefficient (Wildman–Crippen LogP) is 5.10. The van der Waals surface area contributed by atoms with Crippen LogP contribution >= 0.6 is 0 Å². The van der Waals surface area contributed by atoms with E-state index in [0.29, 0.717) is 36.4 Å². The van der Waals surface area contributed by atoms with Gasteiger partial charge in [-0.1, -0.05) is 50.2 Å². The number of H-pyrrole nitrogens is 1. The van der Waals surface area contributed by atoms with E-state index in [1.54, 1.807) is 18.2 Å². The van der Waals surface area contributed by atoms with E-state index < -0.39 is 6.04 Å². The predicted molar refractivity (Wildman–Crippen MR) is 151 cm³/mol. The first-order chi connectivity index (χ1) is 18.5. The topological polar surface area (TPSA) is 103 Å². The number of para-hydroxylation sites is 1. The number of aromatic amines is 1. The number of ether oxygens (including phenoxy) is 1. The lowest BCUT2D eigenvalue weighted by Gasteiger charge is -2.18. The van der Waals surface area contributed by atoms with Crippen molar-refractivity contribution in [3.05, 3.63) is 89.6 Å². The second kappa shape index (κ2) is 12.9. The summed E-state index contributed by atoms with van der Waals surface area (Å²) in [6.07, 6.45) is 4.06. The first-order valence-electron chi connectivity index (χ1n) is 13.2. The molecule has 0 fully saturated rings. The van der Waals surface area contributed by atoms with E-state index in [1.165, 1.54) is 0 Å². The molecule has 0 saturated carbocycles. The molecule has 4 aromatic rings. The number of hydrogen-bond acceptors (Lipinski definition) is 4. The van der Waals surface area contributed by atoms with Crippen molar-refractivity contribution in [2.45, 2.75) is 39.2 Å². The minimum Gasteiger partial charge on any atom is -0.493 e. The van der Waals surface area contributed by atoms with Gasteiger partial charge < -0.3 is 25.5 Å². The Bertz CT molecular complexity index is 1390. The minimum atomic E-state index is -0.477. The lowest BCUT2D eigenvalue weighted by atomic mass is 9.99. The van der Waals surface area contributed by atoms with Gasteiger partial charge in [-0.2, -0.15) is 0 Å². The van der Waals surface area contributed by atoms with Gasteiger partial charge in [0.1, 0.15) is 5.75 Å². The van der Waals surface area contributed by atoms with Crippen LogP contribution in [-0.2, 0) is 6.42 Å². The van der Waals surface area contributed by atoms with E-state index in [-0.39, 0.29) is 18.4 Å². The molecule has 0 aliphatic heterocycles. The molecule has 7 heteroatoms. The van der Waals surface area contributed by atoms with E-state index in [4.69, 9.17) is 4.74 Å². The van der Waals surface area contributed by atoms with Gasteiger partial charge in [0.05, 0.1) is 24.8 Å². The third-order valence-corrected chi connectivity index (χ3v) is 6.38. The first-order valence-corrected chi connectivity index (χ1v) is 13.2. The number of hydrogen-bond donors (Lipinski definition) is 4. The Hall–Kier alpha value is -4.10. The molecule has 38 heavy (non-hydrogen) atoms. The van der Waals surface area contributed by atoms with E-state index in [2.05, 4.69) is 15.6 Å². The molecule has 4 N–H and O–H groups in total. The number of carbonyl (C=O) groups excluding carboxylic acids is 2. The number of nitrogens with one attached hydrogen (secondary N) is 3. The summed E-state index contributed by atoms with van der Waals surface area (Å²) in [7, 11) is 0. The van der Waals surface area contributed by atoms with Crippen LogP contribution < -0.4 is 15.4 Å². The molecule has 0 unspecified atom stereocenters. The highest BCUT2D eigenvalue weighted by Crippen LogP contribution is 2.28. The molecule has 0 aliphatic carbocycles. The van der Waals surface area contributed by atoms with Crippen LogP contribution in [0.4, 0.5) is 0 Å². The van der Waals surface area contributed by atoms with Gasteiger partial charge in [-0.05, 0) is 66.3 Å². The fourth-order valence-corrected chi connectivity index (χ4v) is 4.40. The van der Waals surface area contributed by atoms with Crippen molar-refractivity contribution in [2.75, 3.05) is 19.8 Å². The highest BCUT2D eigenvalue weighted by Gasteiger charge is 2.20. The molecule has 1 heterocycles. The van der Waals surface area contributed by atoms with Crippen LogP contribution in [0.3, 0.4) is 0 Å². The van der Waals surface area contributed by atoms with Crippen molar-refractivity contribution >= 4 is 22.7 Å². The molecule has 1 aromatic heterocycles. The van der Waals surface area contributed by atoms with Gasteiger partial charge in [0.15, 0.2) is 0 Å². The number of carbonyl (C=O) groups is 2. The lowest BCUT2D eigenvalue weighted by molar-refractivity contribution is 0.0911. The molecule has 0 saturated heterocycles. The van der Waals surface area contributed by atoms with E-state index in [1.807, 2.05) is 68.6 Å². The Morgan fingerprint density at radius 3 is 2.55 bits per heavy atom. The summed E-state index contributed by atoms with van der Waals surface area (Å²) in [5.74, 6) is 0.0278. The Morgan fingerprint density at radius 1 is 0.947 bits per heavy atom. The largest absolute Gasteiger partial charge is 0.493 e. The zero-order chi connectivity index (χ0) is 26.9. The third-order valence-electron chi connectivity index (χ3n) is 6.38. The molecule has 198 valence electrons. The molecule has 1 atom stereocenters. The highest BCUT2D eigenvalue weighted by atomic mass is 16.5. The van der Waals surface area contributed by atoms with Crippen molar-refractivity contribution in [3.8, 4) is 16.9 Å². The first kappa shape index (κ1) is 26.9. The van der Waals surface area contributed by atoms with Gasteiger partial charge in [-0.25, -0.2) is 0 Å². The molecule has 3 aromatic carbocycles. The smallest absolute Gasteiger partial charge is 0.255 e. The number of aliphatic hydroxyl groups excluding tert-OH is 1.